The van der Waals surface area contributed by atoms with Crippen molar-refractivity contribution in [3.63, 3.8) is 0 Å². The molecule has 122 valence electrons. The number of para-hydroxylation sites is 1. The Morgan fingerprint density at radius 3 is 2.08 bits per heavy atom. The Balaban J connectivity index is 2.07. The van der Waals surface area contributed by atoms with Gasteiger partial charge in [-0.1, -0.05) is 78.9 Å². The highest BCUT2D eigenvalue weighted by Gasteiger charge is 2.23. The number of aromatic nitrogens is 1. The molecule has 0 N–H and O–H groups in total. The van der Waals surface area contributed by atoms with E-state index < -0.39 is 0 Å². The maximum absolute atomic E-state index is 13.4. The summed E-state index contributed by atoms with van der Waals surface area (Å²) in [4.78, 5) is 13.4. The molecule has 0 aliphatic heterocycles. The Kier molecular flexibility index (Phi) is 3.95. The van der Waals surface area contributed by atoms with Gasteiger partial charge in [0.2, 0.25) is 0 Å². The van der Waals surface area contributed by atoms with Crippen LogP contribution in [0.25, 0.3) is 22.2 Å². The third-order valence-corrected chi connectivity index (χ3v) is 4.60. The van der Waals surface area contributed by atoms with Gasteiger partial charge >= 0.3 is 0 Å². The number of rotatable bonds is 4. The molecule has 2 nitrogen and oxygen atoms in total. The molecule has 0 amide bonds. The van der Waals surface area contributed by atoms with Gasteiger partial charge in [-0.3, -0.25) is 4.79 Å². The Hall–Kier alpha value is -3.13. The zero-order valence-electron chi connectivity index (χ0n) is 14.1. The maximum atomic E-state index is 13.4. The van der Waals surface area contributed by atoms with Crippen molar-refractivity contribution in [2.45, 2.75) is 13.5 Å². The monoisotopic (exact) mass is 325 g/mol. The van der Waals surface area contributed by atoms with Crippen LogP contribution in [0.4, 0.5) is 0 Å². The lowest BCUT2D eigenvalue weighted by atomic mass is 9.97. The average molecular weight is 325 g/mol. The molecule has 0 spiro atoms. The van der Waals surface area contributed by atoms with Gasteiger partial charge in [0.05, 0.1) is 11.3 Å². The van der Waals surface area contributed by atoms with Crippen molar-refractivity contribution in [2.75, 3.05) is 0 Å². The first kappa shape index (κ1) is 15.4. The highest BCUT2D eigenvalue weighted by atomic mass is 16.1. The lowest BCUT2D eigenvalue weighted by molar-refractivity contribution is 0.104. The van der Waals surface area contributed by atoms with Crippen LogP contribution in [-0.2, 0) is 6.54 Å². The molecule has 0 saturated carbocycles. The molecular weight excluding hydrogens is 306 g/mol. The van der Waals surface area contributed by atoms with Crippen LogP contribution >= 0.6 is 0 Å². The van der Waals surface area contributed by atoms with E-state index in [1.54, 1.807) is 0 Å². The van der Waals surface area contributed by atoms with E-state index >= 15 is 0 Å². The molecule has 0 aliphatic rings. The van der Waals surface area contributed by atoms with Gasteiger partial charge in [-0.2, -0.15) is 0 Å². The number of fused-ring (bicyclic) bond motifs is 1. The Morgan fingerprint density at radius 2 is 1.40 bits per heavy atom. The fraction of sp³-hybridized carbons (Fsp3) is 0.0870. The summed E-state index contributed by atoms with van der Waals surface area (Å²) in [6.45, 7) is 2.93. The quantitative estimate of drug-likeness (QED) is 0.450. The van der Waals surface area contributed by atoms with Gasteiger partial charge in [0.15, 0.2) is 5.78 Å². The minimum Gasteiger partial charge on any atom is -0.340 e. The van der Waals surface area contributed by atoms with Crippen LogP contribution in [-0.4, -0.2) is 10.4 Å². The molecule has 4 aromatic rings. The largest absolute Gasteiger partial charge is 0.340 e. The van der Waals surface area contributed by atoms with Gasteiger partial charge in [0.1, 0.15) is 0 Å². The van der Waals surface area contributed by atoms with Crippen molar-refractivity contribution in [1.82, 2.24) is 4.57 Å². The molecule has 0 aliphatic carbocycles. The normalized spacial score (nSPS) is 10.9. The van der Waals surface area contributed by atoms with Crippen LogP contribution in [0, 0.1) is 0 Å². The number of nitrogens with zero attached hydrogens (tertiary/aromatic N) is 1. The standard InChI is InChI=1S/C23H19NO/c1-2-24-20-16-10-9-15-19(20)21(22(24)17-11-5-3-6-12-17)23(25)18-13-7-4-8-14-18/h3-16H,2H2,1H3. The lowest BCUT2D eigenvalue weighted by Gasteiger charge is -2.10. The van der Waals surface area contributed by atoms with Crippen LogP contribution in [0.5, 0.6) is 0 Å². The van der Waals surface area contributed by atoms with E-state index in [9.17, 15) is 4.79 Å². The summed E-state index contributed by atoms with van der Waals surface area (Å²) in [5.41, 5.74) is 4.68. The van der Waals surface area contributed by atoms with Crippen molar-refractivity contribution >= 4 is 16.7 Å². The summed E-state index contributed by atoms with van der Waals surface area (Å²) in [5.74, 6) is 0.0721. The van der Waals surface area contributed by atoms with Crippen molar-refractivity contribution in [3.05, 3.63) is 96.1 Å². The summed E-state index contributed by atoms with van der Waals surface area (Å²) in [6, 6.07) is 27.9. The average Bonchev–Trinajstić information content (AvgIpc) is 3.03. The first-order valence-electron chi connectivity index (χ1n) is 8.57. The van der Waals surface area contributed by atoms with E-state index in [0.717, 1.165) is 39.8 Å². The first-order valence-corrected chi connectivity index (χ1v) is 8.57. The van der Waals surface area contributed by atoms with Crippen LogP contribution < -0.4 is 0 Å². The third-order valence-electron chi connectivity index (χ3n) is 4.60. The number of aryl methyl sites for hydroxylation is 1. The summed E-state index contributed by atoms with van der Waals surface area (Å²) >= 11 is 0. The van der Waals surface area contributed by atoms with Crippen molar-refractivity contribution < 1.29 is 4.79 Å². The lowest BCUT2D eigenvalue weighted by Crippen LogP contribution is -2.05. The Bertz CT molecular complexity index is 1030. The minimum atomic E-state index is 0.0721. The van der Waals surface area contributed by atoms with Crippen LogP contribution in [0.1, 0.15) is 22.8 Å². The molecular formula is C23H19NO. The molecule has 25 heavy (non-hydrogen) atoms. The van der Waals surface area contributed by atoms with E-state index in [-0.39, 0.29) is 5.78 Å². The molecule has 1 heterocycles. The number of hydrogen-bond acceptors (Lipinski definition) is 1. The Morgan fingerprint density at radius 1 is 0.800 bits per heavy atom. The van der Waals surface area contributed by atoms with Crippen molar-refractivity contribution in [3.8, 4) is 11.3 Å². The number of carbonyl (C=O) groups excluding carboxylic acids is 1. The van der Waals surface area contributed by atoms with Crippen LogP contribution in [0.3, 0.4) is 0 Å². The molecule has 2 heteroatoms. The van der Waals surface area contributed by atoms with Gasteiger partial charge in [-0.05, 0) is 18.6 Å². The second-order valence-electron chi connectivity index (χ2n) is 6.05. The topological polar surface area (TPSA) is 22.0 Å². The van der Waals surface area contributed by atoms with Gasteiger partial charge in [-0.15, -0.1) is 0 Å². The fourth-order valence-corrected chi connectivity index (χ4v) is 3.49. The van der Waals surface area contributed by atoms with Crippen LogP contribution in [0.15, 0.2) is 84.9 Å². The SMILES string of the molecule is CCn1c(-c2ccccc2)c(C(=O)c2ccccc2)c2ccccc21. The van der Waals surface area contributed by atoms with E-state index in [4.69, 9.17) is 0 Å². The van der Waals surface area contributed by atoms with Gasteiger partial charge in [-0.25, -0.2) is 0 Å². The number of ketones is 1. The van der Waals surface area contributed by atoms with Crippen LogP contribution in [0.2, 0.25) is 0 Å². The first-order chi connectivity index (χ1) is 12.3. The van der Waals surface area contributed by atoms with E-state index in [0.29, 0.717) is 0 Å². The Labute approximate surface area is 147 Å². The zero-order chi connectivity index (χ0) is 17.2. The molecule has 0 bridgehead atoms. The molecule has 0 fully saturated rings. The smallest absolute Gasteiger partial charge is 0.195 e. The maximum Gasteiger partial charge on any atom is 0.195 e. The highest BCUT2D eigenvalue weighted by molar-refractivity contribution is 6.20. The summed E-state index contributed by atoms with van der Waals surface area (Å²) in [6.07, 6.45) is 0. The van der Waals surface area contributed by atoms with E-state index in [1.165, 1.54) is 0 Å². The van der Waals surface area contributed by atoms with Crippen molar-refractivity contribution in [1.29, 1.82) is 0 Å². The van der Waals surface area contributed by atoms with Crippen molar-refractivity contribution in [2.24, 2.45) is 0 Å². The summed E-state index contributed by atoms with van der Waals surface area (Å²) < 4.78 is 2.24. The molecule has 0 saturated heterocycles. The van der Waals surface area contributed by atoms with Gasteiger partial charge in [0, 0.05) is 23.0 Å². The van der Waals surface area contributed by atoms with Gasteiger partial charge < -0.3 is 4.57 Å². The predicted molar refractivity (Wildman–Crippen MR) is 103 cm³/mol. The second-order valence-corrected chi connectivity index (χ2v) is 6.05. The second kappa shape index (κ2) is 6.40. The fourth-order valence-electron chi connectivity index (χ4n) is 3.49. The summed E-state index contributed by atoms with van der Waals surface area (Å²) in [7, 11) is 0. The molecule has 3 aromatic carbocycles. The highest BCUT2D eigenvalue weighted by Crippen LogP contribution is 2.35. The predicted octanol–water partition coefficient (Wildman–Crippen LogP) is 5.56. The van der Waals surface area contributed by atoms with E-state index in [1.807, 2.05) is 66.7 Å². The molecule has 1 aromatic heterocycles. The van der Waals surface area contributed by atoms with E-state index in [2.05, 4.69) is 29.7 Å². The number of hydrogen-bond donors (Lipinski definition) is 0. The molecule has 0 unspecified atom stereocenters. The summed E-state index contributed by atoms with van der Waals surface area (Å²) in [5, 5.41) is 1.01. The molecule has 4 rings (SSSR count). The third kappa shape index (κ3) is 2.56. The molecule has 0 radical (unpaired) electrons. The molecule has 0 atom stereocenters. The zero-order valence-corrected chi connectivity index (χ0v) is 14.1. The number of benzene rings is 3. The number of carbonyl (C=O) groups is 1. The van der Waals surface area contributed by atoms with Gasteiger partial charge in [0.25, 0.3) is 0 Å². The minimum absolute atomic E-state index is 0.0721.